The van der Waals surface area contributed by atoms with Crippen LogP contribution in [0.1, 0.15) is 11.7 Å². The van der Waals surface area contributed by atoms with Gasteiger partial charge in [-0.25, -0.2) is 4.98 Å². The molecule has 0 spiro atoms. The fourth-order valence-electron chi connectivity index (χ4n) is 2.20. The summed E-state index contributed by atoms with van der Waals surface area (Å²) in [6.07, 6.45) is 0.758. The highest BCUT2D eigenvalue weighted by Crippen LogP contribution is 2.14. The minimum Gasteiger partial charge on any atom is -0.387 e. The first kappa shape index (κ1) is 12.6. The van der Waals surface area contributed by atoms with E-state index < -0.39 is 6.10 Å². The van der Waals surface area contributed by atoms with Gasteiger partial charge in [-0.15, -0.1) is 0 Å². The fourth-order valence-corrected chi connectivity index (χ4v) is 2.20. The van der Waals surface area contributed by atoms with E-state index in [0.717, 1.165) is 5.56 Å². The highest BCUT2D eigenvalue weighted by molar-refractivity contribution is 5.76. The molecule has 1 heterocycles. The number of rotatable bonds is 3. The summed E-state index contributed by atoms with van der Waals surface area (Å²) in [5.41, 5.74) is 1.32. The van der Waals surface area contributed by atoms with Gasteiger partial charge in [0.1, 0.15) is 0 Å². The number of benzene rings is 2. The number of aromatic nitrogens is 2. The Morgan fingerprint density at radius 2 is 1.75 bits per heavy atom. The molecule has 1 atom stereocenters. The van der Waals surface area contributed by atoms with Gasteiger partial charge in [-0.05, 0) is 17.7 Å². The molecule has 0 unspecified atom stereocenters. The van der Waals surface area contributed by atoms with Crippen molar-refractivity contribution < 1.29 is 5.11 Å². The molecule has 1 aromatic heterocycles. The van der Waals surface area contributed by atoms with Gasteiger partial charge in [-0.3, -0.25) is 9.36 Å². The van der Waals surface area contributed by atoms with Gasteiger partial charge < -0.3 is 5.11 Å². The second kappa shape index (κ2) is 5.27. The molecule has 20 heavy (non-hydrogen) atoms. The van der Waals surface area contributed by atoms with Crippen LogP contribution < -0.4 is 5.56 Å². The Morgan fingerprint density at radius 3 is 2.55 bits per heavy atom. The molecule has 0 saturated heterocycles. The summed E-state index contributed by atoms with van der Waals surface area (Å²) in [4.78, 5) is 16.5. The van der Waals surface area contributed by atoms with E-state index in [0.29, 0.717) is 10.9 Å². The normalized spacial score (nSPS) is 12.4. The number of aliphatic hydroxyl groups is 1. The average molecular weight is 266 g/mol. The van der Waals surface area contributed by atoms with E-state index in [1.54, 1.807) is 12.1 Å². The van der Waals surface area contributed by atoms with Gasteiger partial charge in [0.2, 0.25) is 0 Å². The topological polar surface area (TPSA) is 55.1 Å². The monoisotopic (exact) mass is 266 g/mol. The Labute approximate surface area is 116 Å². The molecule has 4 nitrogen and oxygen atoms in total. The molecule has 4 heteroatoms. The molecule has 0 amide bonds. The zero-order chi connectivity index (χ0) is 13.9. The van der Waals surface area contributed by atoms with E-state index in [1.165, 1.54) is 10.9 Å². The first-order chi connectivity index (χ1) is 9.75. The highest BCUT2D eigenvalue weighted by Gasteiger charge is 2.10. The second-order valence-corrected chi connectivity index (χ2v) is 4.65. The van der Waals surface area contributed by atoms with Gasteiger partial charge in [-0.1, -0.05) is 42.5 Å². The molecule has 100 valence electrons. The van der Waals surface area contributed by atoms with Crippen LogP contribution in [-0.4, -0.2) is 14.7 Å². The van der Waals surface area contributed by atoms with E-state index >= 15 is 0 Å². The van der Waals surface area contributed by atoms with Crippen LogP contribution in [0.4, 0.5) is 0 Å². The smallest absolute Gasteiger partial charge is 0.261 e. The largest absolute Gasteiger partial charge is 0.387 e. The summed E-state index contributed by atoms with van der Waals surface area (Å²) < 4.78 is 1.44. The van der Waals surface area contributed by atoms with Crippen molar-refractivity contribution in [3.05, 3.63) is 76.8 Å². The Morgan fingerprint density at radius 1 is 1.05 bits per heavy atom. The van der Waals surface area contributed by atoms with Gasteiger partial charge in [0.25, 0.3) is 5.56 Å². The van der Waals surface area contributed by atoms with Crippen LogP contribution in [0.3, 0.4) is 0 Å². The third kappa shape index (κ3) is 2.33. The van der Waals surface area contributed by atoms with Crippen molar-refractivity contribution in [3.63, 3.8) is 0 Å². The van der Waals surface area contributed by atoms with Crippen molar-refractivity contribution >= 4 is 10.9 Å². The van der Waals surface area contributed by atoms with Crippen LogP contribution in [0.2, 0.25) is 0 Å². The third-order valence-electron chi connectivity index (χ3n) is 3.29. The molecule has 3 aromatic rings. The Hall–Kier alpha value is -2.46. The maximum atomic E-state index is 12.3. The average Bonchev–Trinajstić information content (AvgIpc) is 2.51. The van der Waals surface area contributed by atoms with Gasteiger partial charge >= 0.3 is 0 Å². The molecule has 0 bridgehead atoms. The predicted octanol–water partition coefficient (Wildman–Crippen LogP) is 2.13. The number of para-hydroxylation sites is 1. The summed E-state index contributed by atoms with van der Waals surface area (Å²) in [6, 6.07) is 16.5. The molecule has 0 aliphatic carbocycles. The van der Waals surface area contributed by atoms with Crippen LogP contribution >= 0.6 is 0 Å². The molecule has 0 saturated carbocycles. The van der Waals surface area contributed by atoms with E-state index in [4.69, 9.17) is 0 Å². The van der Waals surface area contributed by atoms with Crippen molar-refractivity contribution in [1.29, 1.82) is 0 Å². The molecular weight excluding hydrogens is 252 g/mol. The van der Waals surface area contributed by atoms with Crippen molar-refractivity contribution in [2.75, 3.05) is 0 Å². The maximum absolute atomic E-state index is 12.3. The van der Waals surface area contributed by atoms with Gasteiger partial charge in [0.15, 0.2) is 0 Å². The van der Waals surface area contributed by atoms with Crippen LogP contribution in [0, 0.1) is 0 Å². The van der Waals surface area contributed by atoms with E-state index in [2.05, 4.69) is 4.98 Å². The Balaban J connectivity index is 1.96. The minimum absolute atomic E-state index is 0.134. The number of hydrogen-bond acceptors (Lipinski definition) is 3. The molecule has 0 fully saturated rings. The summed E-state index contributed by atoms with van der Waals surface area (Å²) >= 11 is 0. The summed E-state index contributed by atoms with van der Waals surface area (Å²) in [5, 5.41) is 10.7. The lowest BCUT2D eigenvalue weighted by atomic mass is 10.1. The molecule has 2 aromatic carbocycles. The first-order valence-corrected chi connectivity index (χ1v) is 6.43. The summed E-state index contributed by atoms with van der Waals surface area (Å²) in [5.74, 6) is 0. The van der Waals surface area contributed by atoms with Gasteiger partial charge in [-0.2, -0.15) is 0 Å². The number of hydrogen-bond donors (Lipinski definition) is 1. The van der Waals surface area contributed by atoms with E-state index in [-0.39, 0.29) is 12.1 Å². The Bertz CT molecular complexity index is 781. The molecule has 1 N–H and O–H groups in total. The zero-order valence-electron chi connectivity index (χ0n) is 10.8. The van der Waals surface area contributed by atoms with Crippen LogP contribution in [0.25, 0.3) is 10.9 Å². The van der Waals surface area contributed by atoms with Crippen LogP contribution in [0.5, 0.6) is 0 Å². The SMILES string of the molecule is O=c1c2ccccc2ncn1C[C@H](O)c1ccccc1. The predicted molar refractivity (Wildman–Crippen MR) is 77.4 cm³/mol. The molecular formula is C16H14N2O2. The lowest BCUT2D eigenvalue weighted by Gasteiger charge is -2.13. The Kier molecular flexibility index (Phi) is 3.31. The lowest BCUT2D eigenvalue weighted by molar-refractivity contribution is 0.155. The van der Waals surface area contributed by atoms with Gasteiger partial charge in [0, 0.05) is 0 Å². The van der Waals surface area contributed by atoms with E-state index in [9.17, 15) is 9.90 Å². The molecule has 0 radical (unpaired) electrons. The summed E-state index contributed by atoms with van der Waals surface area (Å²) in [7, 11) is 0. The van der Waals surface area contributed by atoms with Gasteiger partial charge in [0.05, 0.1) is 29.9 Å². The molecule has 0 aliphatic heterocycles. The minimum atomic E-state index is -0.725. The standard InChI is InChI=1S/C16H14N2O2/c19-15(12-6-2-1-3-7-12)10-18-11-17-14-9-5-4-8-13(14)16(18)20/h1-9,11,15,19H,10H2/t15-/m0/s1. The van der Waals surface area contributed by atoms with Crippen LogP contribution in [-0.2, 0) is 6.54 Å². The molecule has 0 aliphatic rings. The lowest BCUT2D eigenvalue weighted by Crippen LogP contribution is -2.23. The number of fused-ring (bicyclic) bond motifs is 1. The quantitative estimate of drug-likeness (QED) is 0.790. The number of nitrogens with zero attached hydrogens (tertiary/aromatic N) is 2. The zero-order valence-corrected chi connectivity index (χ0v) is 10.8. The molecule has 3 rings (SSSR count). The van der Waals surface area contributed by atoms with E-state index in [1.807, 2.05) is 42.5 Å². The van der Waals surface area contributed by atoms with Crippen molar-refractivity contribution in [2.45, 2.75) is 12.6 Å². The fraction of sp³-hybridized carbons (Fsp3) is 0.125. The maximum Gasteiger partial charge on any atom is 0.261 e. The summed E-state index contributed by atoms with van der Waals surface area (Å²) in [6.45, 7) is 0.195. The second-order valence-electron chi connectivity index (χ2n) is 4.65. The van der Waals surface area contributed by atoms with Crippen molar-refractivity contribution in [1.82, 2.24) is 9.55 Å². The third-order valence-corrected chi connectivity index (χ3v) is 3.29. The highest BCUT2D eigenvalue weighted by atomic mass is 16.3. The first-order valence-electron chi connectivity index (χ1n) is 6.43. The van der Waals surface area contributed by atoms with Crippen molar-refractivity contribution in [2.24, 2.45) is 0 Å². The van der Waals surface area contributed by atoms with Crippen molar-refractivity contribution in [3.8, 4) is 0 Å². The van der Waals surface area contributed by atoms with Crippen LogP contribution in [0.15, 0.2) is 65.7 Å². The number of aliphatic hydroxyl groups excluding tert-OH is 1.